The number of esters is 1. The third-order valence-electron chi connectivity index (χ3n) is 7.62. The molecule has 8 N–H and O–H groups in total. The van der Waals surface area contributed by atoms with E-state index in [4.69, 9.17) is 18.9 Å². The van der Waals surface area contributed by atoms with Crippen LogP contribution in [0.2, 0.25) is 0 Å². The summed E-state index contributed by atoms with van der Waals surface area (Å²) in [4.78, 5) is 12.8. The van der Waals surface area contributed by atoms with E-state index in [0.29, 0.717) is 6.42 Å². The fourth-order valence-corrected chi connectivity index (χ4v) is 5.11. The number of rotatable bonds is 19. The maximum absolute atomic E-state index is 12.8. The van der Waals surface area contributed by atoms with Crippen LogP contribution in [-0.4, -0.2) is 121 Å². The van der Waals surface area contributed by atoms with E-state index in [1.54, 1.807) is 0 Å². The average Bonchev–Trinajstić information content (AvgIpc) is 3.19. The third-order valence-corrected chi connectivity index (χ3v) is 7.62. The first-order valence-corrected chi connectivity index (χ1v) is 14.6. The summed E-state index contributed by atoms with van der Waals surface area (Å²) < 4.78 is 21.6. The Morgan fingerprint density at radius 1 is 0.675 bits per heavy atom. The molecule has 40 heavy (non-hydrogen) atoms. The van der Waals surface area contributed by atoms with Crippen LogP contribution in [0.4, 0.5) is 0 Å². The molecule has 2 heterocycles. The monoisotopic (exact) mass is 582 g/mol. The number of aliphatic hydroxyl groups excluding tert-OH is 8. The van der Waals surface area contributed by atoms with E-state index in [1.165, 1.54) is 44.9 Å². The van der Waals surface area contributed by atoms with E-state index in [0.717, 1.165) is 25.7 Å². The molecule has 2 aliphatic rings. The van der Waals surface area contributed by atoms with Gasteiger partial charge in [0.1, 0.15) is 43.2 Å². The van der Waals surface area contributed by atoms with Crippen LogP contribution in [0.1, 0.15) is 90.4 Å². The lowest BCUT2D eigenvalue weighted by atomic mass is 9.97. The Labute approximate surface area is 235 Å². The van der Waals surface area contributed by atoms with E-state index in [2.05, 4.69) is 6.92 Å². The number of carbonyl (C=O) groups excluding carboxylic acids is 1. The summed E-state index contributed by atoms with van der Waals surface area (Å²) >= 11 is 0. The lowest BCUT2D eigenvalue weighted by molar-refractivity contribution is -0.498. The van der Waals surface area contributed by atoms with E-state index in [-0.39, 0.29) is 6.42 Å². The molecule has 0 spiro atoms. The molecule has 2 fully saturated rings. The predicted octanol–water partition coefficient (Wildman–Crippen LogP) is -0.433. The van der Waals surface area contributed by atoms with Crippen molar-refractivity contribution in [3.8, 4) is 0 Å². The zero-order valence-electron chi connectivity index (χ0n) is 23.5. The van der Waals surface area contributed by atoms with Crippen LogP contribution in [0.3, 0.4) is 0 Å². The molecule has 0 saturated carbocycles. The van der Waals surface area contributed by atoms with Gasteiger partial charge in [-0.15, -0.1) is 0 Å². The maximum Gasteiger partial charge on any atom is 0.362 e. The van der Waals surface area contributed by atoms with E-state index >= 15 is 0 Å². The number of hydrogen-bond acceptors (Lipinski definition) is 13. The average molecular weight is 583 g/mol. The summed E-state index contributed by atoms with van der Waals surface area (Å²) in [5, 5.41) is 81.2. The molecule has 0 bridgehead atoms. The summed E-state index contributed by atoms with van der Waals surface area (Å²) in [6.07, 6.45) is -0.0398. The van der Waals surface area contributed by atoms with Gasteiger partial charge in [-0.2, -0.15) is 0 Å². The zero-order valence-corrected chi connectivity index (χ0v) is 23.5. The van der Waals surface area contributed by atoms with Gasteiger partial charge in [-0.3, -0.25) is 9.53 Å². The Morgan fingerprint density at radius 2 is 1.18 bits per heavy atom. The van der Waals surface area contributed by atoms with Crippen molar-refractivity contribution in [2.24, 2.45) is 0 Å². The number of unbranched alkanes of at least 4 members (excludes halogenated alkanes) is 11. The van der Waals surface area contributed by atoms with Gasteiger partial charge in [0.25, 0.3) is 0 Å². The van der Waals surface area contributed by atoms with Gasteiger partial charge >= 0.3 is 11.9 Å². The van der Waals surface area contributed by atoms with Crippen LogP contribution < -0.4 is 0 Å². The van der Waals surface area contributed by atoms with Crippen molar-refractivity contribution in [2.45, 2.75) is 145 Å². The minimum atomic E-state index is -2.95. The molecule has 0 aromatic carbocycles. The molecule has 0 radical (unpaired) electrons. The smallest absolute Gasteiger partial charge is 0.362 e. The second-order valence-electron chi connectivity index (χ2n) is 10.8. The van der Waals surface area contributed by atoms with Gasteiger partial charge in [0, 0.05) is 6.42 Å². The van der Waals surface area contributed by atoms with Gasteiger partial charge in [-0.05, 0) is 6.42 Å². The molecule has 0 aromatic heterocycles. The van der Waals surface area contributed by atoms with Gasteiger partial charge in [-0.1, -0.05) is 77.6 Å². The lowest BCUT2D eigenvalue weighted by Crippen LogP contribution is -2.70. The Balaban J connectivity index is 1.97. The molecule has 0 aromatic rings. The highest BCUT2D eigenvalue weighted by Crippen LogP contribution is 2.41. The highest BCUT2D eigenvalue weighted by atomic mass is 16.9. The van der Waals surface area contributed by atoms with Crippen LogP contribution in [0.15, 0.2) is 0 Å². The van der Waals surface area contributed by atoms with E-state index < -0.39 is 80.3 Å². The van der Waals surface area contributed by atoms with Gasteiger partial charge < -0.3 is 55.1 Å². The molecule has 2 aliphatic heterocycles. The van der Waals surface area contributed by atoms with Gasteiger partial charge in [0.2, 0.25) is 5.79 Å². The fraction of sp³-hybridized carbons (Fsp3) is 0.963. The standard InChI is InChI=1S/C27H50O13/c1-2-3-4-5-6-7-8-9-10-11-12-13-14-20(31)39-27(25(36)23(34)21(32)18(15-28)38-27)40-26(17-30)24(35)22(33)19(16-29)37-26/h18-19,21-25,28-30,32-36H,2-17H2,1H3/t18-,19-,21-,22-,23+,24+,25-,26?,27+/m1/s1. The first kappa shape index (κ1) is 35.2. The second kappa shape index (κ2) is 17.2. The van der Waals surface area contributed by atoms with Crippen LogP contribution in [-0.2, 0) is 23.7 Å². The van der Waals surface area contributed by atoms with Crippen LogP contribution in [0.25, 0.3) is 0 Å². The molecule has 1 unspecified atom stereocenters. The summed E-state index contributed by atoms with van der Waals surface area (Å²) in [7, 11) is 0. The summed E-state index contributed by atoms with van der Waals surface area (Å²) in [5.74, 6) is -6.44. The van der Waals surface area contributed by atoms with Crippen LogP contribution >= 0.6 is 0 Å². The quantitative estimate of drug-likeness (QED) is 0.0552. The van der Waals surface area contributed by atoms with Crippen molar-refractivity contribution in [2.75, 3.05) is 19.8 Å². The Kier molecular flexibility index (Phi) is 15.2. The Morgan fingerprint density at radius 3 is 1.65 bits per heavy atom. The minimum absolute atomic E-state index is 0.127. The highest BCUT2D eigenvalue weighted by Gasteiger charge is 2.65. The molecule has 13 nitrogen and oxygen atoms in total. The highest BCUT2D eigenvalue weighted by molar-refractivity contribution is 5.69. The van der Waals surface area contributed by atoms with Crippen molar-refractivity contribution in [3.05, 3.63) is 0 Å². The number of hydrogen-bond donors (Lipinski definition) is 8. The summed E-state index contributed by atoms with van der Waals surface area (Å²) in [6, 6.07) is 0. The molecule has 0 aliphatic carbocycles. The maximum atomic E-state index is 12.8. The summed E-state index contributed by atoms with van der Waals surface area (Å²) in [6.45, 7) is -0.620. The van der Waals surface area contributed by atoms with Crippen LogP contribution in [0.5, 0.6) is 0 Å². The van der Waals surface area contributed by atoms with Crippen molar-refractivity contribution in [3.63, 3.8) is 0 Å². The number of carbonyl (C=O) groups is 1. The molecule has 9 atom stereocenters. The topological polar surface area (TPSA) is 216 Å². The fourth-order valence-electron chi connectivity index (χ4n) is 5.11. The SMILES string of the molecule is CCCCCCCCCCCCCCC(=O)O[C@@]1(OC2(CO)O[C@H](CO)[C@@H](O)[C@@H]2O)O[C@H](CO)[C@@H](O)[C@H](O)[C@H]1O. The first-order chi connectivity index (χ1) is 19.1. The molecule has 236 valence electrons. The molecular formula is C27H50O13. The number of ether oxygens (including phenoxy) is 4. The van der Waals surface area contributed by atoms with E-state index in [1.807, 2.05) is 0 Å². The number of aliphatic hydroxyl groups is 8. The third kappa shape index (κ3) is 9.01. The van der Waals surface area contributed by atoms with Crippen molar-refractivity contribution in [1.82, 2.24) is 0 Å². The minimum Gasteiger partial charge on any atom is -0.405 e. The zero-order chi connectivity index (χ0) is 29.8. The first-order valence-electron chi connectivity index (χ1n) is 14.6. The lowest BCUT2D eigenvalue weighted by Gasteiger charge is -2.49. The molecule has 13 heteroatoms. The summed E-state index contributed by atoms with van der Waals surface area (Å²) in [5.41, 5.74) is 0. The van der Waals surface area contributed by atoms with Crippen molar-refractivity contribution >= 4 is 5.97 Å². The van der Waals surface area contributed by atoms with Gasteiger partial charge in [0.05, 0.1) is 13.2 Å². The van der Waals surface area contributed by atoms with Crippen molar-refractivity contribution in [1.29, 1.82) is 0 Å². The molecular weight excluding hydrogens is 532 g/mol. The van der Waals surface area contributed by atoms with Crippen molar-refractivity contribution < 1.29 is 64.6 Å². The van der Waals surface area contributed by atoms with Gasteiger partial charge in [-0.25, -0.2) is 0 Å². The molecule has 2 saturated heterocycles. The largest absolute Gasteiger partial charge is 0.405 e. The molecule has 0 amide bonds. The van der Waals surface area contributed by atoms with Crippen LogP contribution in [0, 0.1) is 0 Å². The predicted molar refractivity (Wildman–Crippen MR) is 139 cm³/mol. The second-order valence-corrected chi connectivity index (χ2v) is 10.8. The Hall–Kier alpha value is -0.970. The van der Waals surface area contributed by atoms with E-state index in [9.17, 15) is 45.6 Å². The Bertz CT molecular complexity index is 725. The van der Waals surface area contributed by atoms with Gasteiger partial charge in [0.15, 0.2) is 6.10 Å². The normalized spacial score (nSPS) is 36.2. The molecule has 2 rings (SSSR count).